The second kappa shape index (κ2) is 5.87. The van der Waals surface area contributed by atoms with Gasteiger partial charge in [0, 0.05) is 0 Å². The fourth-order valence-electron chi connectivity index (χ4n) is 2.18. The molecule has 0 saturated carbocycles. The van der Waals surface area contributed by atoms with E-state index in [4.69, 9.17) is 4.74 Å². The zero-order valence-electron chi connectivity index (χ0n) is 12.3. The van der Waals surface area contributed by atoms with Crippen molar-refractivity contribution in [3.63, 3.8) is 0 Å². The number of aryl methyl sites for hydroxylation is 2. The molecule has 5 heteroatoms. The summed E-state index contributed by atoms with van der Waals surface area (Å²) in [6, 6.07) is 10.3. The van der Waals surface area contributed by atoms with Crippen molar-refractivity contribution >= 4 is 10.1 Å². The molecule has 0 aliphatic carbocycles. The minimum atomic E-state index is -4.34. The molecule has 4 nitrogen and oxygen atoms in total. The van der Waals surface area contributed by atoms with Gasteiger partial charge in [-0.3, -0.25) is 4.55 Å². The average Bonchev–Trinajstić information content (AvgIpc) is 2.40. The van der Waals surface area contributed by atoms with Gasteiger partial charge in [-0.15, -0.1) is 0 Å². The molecule has 2 aromatic carbocycles. The molecule has 0 fully saturated rings. The first-order valence-electron chi connectivity index (χ1n) is 6.67. The molecule has 2 aromatic rings. The normalized spacial score (nSPS) is 11.4. The maximum absolute atomic E-state index is 11.6. The van der Waals surface area contributed by atoms with Crippen LogP contribution in [0.25, 0.3) is 0 Å². The smallest absolute Gasteiger partial charge is 0.298 e. The number of rotatable bonds is 4. The van der Waals surface area contributed by atoms with Crippen LogP contribution < -0.4 is 4.74 Å². The van der Waals surface area contributed by atoms with Gasteiger partial charge < -0.3 is 4.74 Å². The maximum atomic E-state index is 11.6. The maximum Gasteiger partial charge on any atom is 0.298 e. The molecule has 0 unspecified atom stereocenters. The van der Waals surface area contributed by atoms with E-state index in [1.165, 1.54) is 6.07 Å². The summed E-state index contributed by atoms with van der Waals surface area (Å²) in [5.74, 6) is 0.731. The summed E-state index contributed by atoms with van der Waals surface area (Å²) < 4.78 is 38.3. The number of ether oxygens (including phenoxy) is 1. The van der Waals surface area contributed by atoms with E-state index in [2.05, 4.69) is 0 Å². The van der Waals surface area contributed by atoms with Crippen LogP contribution in [0.5, 0.6) is 11.5 Å². The fourth-order valence-corrected chi connectivity index (χ4v) is 2.82. The van der Waals surface area contributed by atoms with Gasteiger partial charge in [0.25, 0.3) is 10.1 Å². The zero-order chi connectivity index (χ0) is 15.6. The Hall–Kier alpha value is -1.85. The van der Waals surface area contributed by atoms with E-state index < -0.39 is 10.1 Å². The van der Waals surface area contributed by atoms with Crippen molar-refractivity contribution in [3.8, 4) is 11.5 Å². The zero-order valence-corrected chi connectivity index (χ0v) is 13.1. The predicted molar refractivity (Wildman–Crippen MR) is 81.6 cm³/mol. The molecule has 0 saturated heterocycles. The van der Waals surface area contributed by atoms with Crippen molar-refractivity contribution in [2.24, 2.45) is 0 Å². The Morgan fingerprint density at radius 3 is 2.19 bits per heavy atom. The quantitative estimate of drug-likeness (QED) is 0.870. The first-order chi connectivity index (χ1) is 9.82. The van der Waals surface area contributed by atoms with Crippen LogP contribution in [-0.4, -0.2) is 13.0 Å². The highest BCUT2D eigenvalue weighted by Gasteiger charge is 2.21. The Kier molecular flexibility index (Phi) is 4.34. The minimum Gasteiger partial charge on any atom is -0.456 e. The summed E-state index contributed by atoms with van der Waals surface area (Å²) in [5, 5.41) is 0. The van der Waals surface area contributed by atoms with Crippen LogP contribution >= 0.6 is 0 Å². The Morgan fingerprint density at radius 2 is 1.67 bits per heavy atom. The van der Waals surface area contributed by atoms with Gasteiger partial charge in [0.15, 0.2) is 5.75 Å². The highest BCUT2D eigenvalue weighted by molar-refractivity contribution is 7.86. The Morgan fingerprint density at radius 1 is 1.05 bits per heavy atom. The summed E-state index contributed by atoms with van der Waals surface area (Å²) in [6.07, 6.45) is 0.608. The van der Waals surface area contributed by atoms with Crippen LogP contribution in [0, 0.1) is 13.8 Å². The molecule has 0 atom stereocenters. The van der Waals surface area contributed by atoms with Crippen molar-refractivity contribution < 1.29 is 17.7 Å². The molecule has 0 aromatic heterocycles. The van der Waals surface area contributed by atoms with Gasteiger partial charge >= 0.3 is 0 Å². The third kappa shape index (κ3) is 3.43. The molecule has 0 amide bonds. The van der Waals surface area contributed by atoms with Crippen molar-refractivity contribution in [3.05, 3.63) is 53.1 Å². The monoisotopic (exact) mass is 306 g/mol. The molecule has 112 valence electrons. The molecule has 2 rings (SSSR count). The molecule has 1 N–H and O–H groups in total. The van der Waals surface area contributed by atoms with Gasteiger partial charge in [0.1, 0.15) is 10.6 Å². The molecule has 21 heavy (non-hydrogen) atoms. The van der Waals surface area contributed by atoms with Crippen LogP contribution in [0.4, 0.5) is 0 Å². The number of hydrogen-bond acceptors (Lipinski definition) is 3. The summed E-state index contributed by atoms with van der Waals surface area (Å²) >= 11 is 0. The van der Waals surface area contributed by atoms with Crippen LogP contribution in [0.2, 0.25) is 0 Å². The lowest BCUT2D eigenvalue weighted by molar-refractivity contribution is 0.445. The van der Waals surface area contributed by atoms with Gasteiger partial charge in [-0.25, -0.2) is 0 Å². The largest absolute Gasteiger partial charge is 0.456 e. The van der Waals surface area contributed by atoms with E-state index >= 15 is 0 Å². The molecule has 0 spiro atoms. The average molecular weight is 306 g/mol. The Balaban J connectivity index is 2.59. The van der Waals surface area contributed by atoms with Crippen molar-refractivity contribution in [1.29, 1.82) is 0 Å². The fraction of sp³-hybridized carbons (Fsp3) is 0.250. The van der Waals surface area contributed by atoms with Gasteiger partial charge in [-0.05, 0) is 49.6 Å². The number of benzene rings is 2. The first kappa shape index (κ1) is 15.5. The topological polar surface area (TPSA) is 63.6 Å². The van der Waals surface area contributed by atoms with Crippen LogP contribution in [0.3, 0.4) is 0 Å². The molecule has 0 bridgehead atoms. The summed E-state index contributed by atoms with van der Waals surface area (Å²) in [5.41, 5.74) is 2.77. The molecule has 0 aliphatic heterocycles. The lowest BCUT2D eigenvalue weighted by Crippen LogP contribution is -2.05. The van der Waals surface area contributed by atoms with E-state index in [1.54, 1.807) is 18.2 Å². The summed E-state index contributed by atoms with van der Waals surface area (Å²) in [6.45, 7) is 5.75. The highest BCUT2D eigenvalue weighted by Crippen LogP contribution is 2.34. The molecule has 0 aliphatic rings. The van der Waals surface area contributed by atoms with Gasteiger partial charge in [-0.2, -0.15) is 8.42 Å². The second-order valence-electron chi connectivity index (χ2n) is 4.93. The summed E-state index contributed by atoms with van der Waals surface area (Å²) in [7, 11) is -4.34. The molecule has 0 radical (unpaired) electrons. The SMILES string of the molecule is CCc1c(C)ccc(S(=O)(=O)O)c1Oc1ccc(C)cc1. The van der Waals surface area contributed by atoms with Crippen molar-refractivity contribution in [2.75, 3.05) is 0 Å². The van der Waals surface area contributed by atoms with Crippen LogP contribution in [0.15, 0.2) is 41.3 Å². The van der Waals surface area contributed by atoms with E-state index in [-0.39, 0.29) is 10.6 Å². The predicted octanol–water partition coefficient (Wildman–Crippen LogP) is 3.90. The van der Waals surface area contributed by atoms with Gasteiger partial charge in [-0.1, -0.05) is 30.7 Å². The van der Waals surface area contributed by atoms with E-state index in [9.17, 15) is 13.0 Å². The summed E-state index contributed by atoms with van der Waals surface area (Å²) in [4.78, 5) is -0.203. The lowest BCUT2D eigenvalue weighted by atomic mass is 10.1. The molecular weight excluding hydrogens is 288 g/mol. The van der Waals surface area contributed by atoms with Crippen molar-refractivity contribution in [1.82, 2.24) is 0 Å². The standard InChI is InChI=1S/C16H18O4S/c1-4-14-12(3)7-10-15(21(17,18)19)16(14)20-13-8-5-11(2)6-9-13/h5-10H,4H2,1-3H3,(H,17,18,19). The first-order valence-corrected chi connectivity index (χ1v) is 8.11. The van der Waals surface area contributed by atoms with Crippen LogP contribution in [0.1, 0.15) is 23.6 Å². The molecule has 0 heterocycles. The van der Waals surface area contributed by atoms with Gasteiger partial charge in [0.2, 0.25) is 0 Å². The number of hydrogen-bond donors (Lipinski definition) is 1. The molecular formula is C16H18O4S. The van der Waals surface area contributed by atoms with Crippen molar-refractivity contribution in [2.45, 2.75) is 32.1 Å². The second-order valence-corrected chi connectivity index (χ2v) is 6.32. The van der Waals surface area contributed by atoms with Gasteiger partial charge in [0.05, 0.1) is 0 Å². The Bertz CT molecular complexity index is 747. The van der Waals surface area contributed by atoms with E-state index in [0.29, 0.717) is 12.2 Å². The van der Waals surface area contributed by atoms with E-state index in [1.807, 2.05) is 32.9 Å². The third-order valence-corrected chi connectivity index (χ3v) is 4.21. The Labute approximate surface area is 125 Å². The third-order valence-electron chi connectivity index (χ3n) is 3.33. The highest BCUT2D eigenvalue weighted by atomic mass is 32.2. The minimum absolute atomic E-state index is 0.198. The van der Waals surface area contributed by atoms with E-state index in [0.717, 1.165) is 16.7 Å². The lowest BCUT2D eigenvalue weighted by Gasteiger charge is -2.15. The van der Waals surface area contributed by atoms with Crippen LogP contribution in [-0.2, 0) is 16.5 Å².